The Hall–Kier alpha value is -1.07. The zero-order chi connectivity index (χ0) is 14.0. The minimum absolute atomic E-state index is 0.164. The maximum Gasteiger partial charge on any atom is 0.410 e. The molecule has 1 amide bonds. The molecule has 5 nitrogen and oxygen atoms in total. The molecule has 0 aromatic rings. The highest BCUT2D eigenvalue weighted by molar-refractivity contribution is 5.69. The van der Waals surface area contributed by atoms with Crippen LogP contribution in [0.2, 0.25) is 0 Å². The van der Waals surface area contributed by atoms with Crippen LogP contribution in [0.5, 0.6) is 0 Å². The summed E-state index contributed by atoms with van der Waals surface area (Å²) >= 11 is 0. The van der Waals surface area contributed by atoms with Crippen LogP contribution in [0.15, 0.2) is 12.7 Å². The minimum Gasteiger partial charge on any atom is -0.444 e. The van der Waals surface area contributed by atoms with Gasteiger partial charge in [0.1, 0.15) is 11.2 Å². The third kappa shape index (κ3) is 3.46. The Morgan fingerprint density at radius 2 is 2.28 bits per heavy atom. The van der Waals surface area contributed by atoms with Crippen LogP contribution in [0.4, 0.5) is 4.79 Å². The first kappa shape index (κ1) is 15.0. The van der Waals surface area contributed by atoms with Gasteiger partial charge in [-0.1, -0.05) is 6.08 Å². The molecule has 1 aliphatic rings. The second-order valence-corrected chi connectivity index (χ2v) is 5.80. The minimum atomic E-state index is -0.965. The SMILES string of the molecule is C=CCC1(O)CN(C(=O)OC(C)(C)C)C[C@@H]1NC. The van der Waals surface area contributed by atoms with Crippen molar-refractivity contribution < 1.29 is 14.6 Å². The van der Waals surface area contributed by atoms with Gasteiger partial charge in [-0.2, -0.15) is 0 Å². The van der Waals surface area contributed by atoms with Gasteiger partial charge in [-0.15, -0.1) is 6.58 Å². The maximum absolute atomic E-state index is 12.0. The molecule has 0 aromatic heterocycles. The van der Waals surface area contributed by atoms with Gasteiger partial charge in [0.25, 0.3) is 0 Å². The van der Waals surface area contributed by atoms with Crippen molar-refractivity contribution in [2.45, 2.75) is 44.4 Å². The number of nitrogens with one attached hydrogen (secondary N) is 1. The van der Waals surface area contributed by atoms with Crippen LogP contribution in [-0.2, 0) is 4.74 Å². The number of ether oxygens (including phenoxy) is 1. The van der Waals surface area contributed by atoms with E-state index in [9.17, 15) is 9.90 Å². The van der Waals surface area contributed by atoms with Gasteiger partial charge < -0.3 is 20.1 Å². The molecule has 2 N–H and O–H groups in total. The summed E-state index contributed by atoms with van der Waals surface area (Å²) in [7, 11) is 1.78. The van der Waals surface area contributed by atoms with Crippen LogP contribution in [0, 0.1) is 0 Å². The summed E-state index contributed by atoms with van der Waals surface area (Å²) in [5.41, 5.74) is -1.49. The fraction of sp³-hybridized carbons (Fsp3) is 0.769. The third-order valence-corrected chi connectivity index (χ3v) is 3.01. The molecule has 1 fully saturated rings. The number of carbonyl (C=O) groups excluding carboxylic acids is 1. The molecule has 2 atom stereocenters. The van der Waals surface area contributed by atoms with Crippen molar-refractivity contribution in [2.24, 2.45) is 0 Å². The van der Waals surface area contributed by atoms with Crippen LogP contribution in [0.1, 0.15) is 27.2 Å². The Morgan fingerprint density at radius 1 is 1.67 bits per heavy atom. The van der Waals surface area contributed by atoms with Crippen molar-refractivity contribution in [1.82, 2.24) is 10.2 Å². The Labute approximate surface area is 109 Å². The van der Waals surface area contributed by atoms with Crippen molar-refractivity contribution in [3.63, 3.8) is 0 Å². The van der Waals surface area contributed by atoms with Crippen molar-refractivity contribution in [2.75, 3.05) is 20.1 Å². The molecular weight excluding hydrogens is 232 g/mol. The number of likely N-dealkylation sites (tertiary alicyclic amines) is 1. The molecule has 1 rings (SSSR count). The molecule has 0 radical (unpaired) electrons. The highest BCUT2D eigenvalue weighted by Gasteiger charge is 2.46. The van der Waals surface area contributed by atoms with E-state index in [-0.39, 0.29) is 18.7 Å². The van der Waals surface area contributed by atoms with Gasteiger partial charge in [-0.25, -0.2) is 4.79 Å². The molecule has 18 heavy (non-hydrogen) atoms. The van der Waals surface area contributed by atoms with Crippen LogP contribution in [-0.4, -0.2) is 53.5 Å². The van der Waals surface area contributed by atoms with E-state index in [0.29, 0.717) is 13.0 Å². The number of nitrogens with zero attached hydrogens (tertiary/aromatic N) is 1. The summed E-state index contributed by atoms with van der Waals surface area (Å²) in [6.07, 6.45) is 1.73. The average molecular weight is 256 g/mol. The largest absolute Gasteiger partial charge is 0.444 e. The molecule has 1 unspecified atom stereocenters. The Morgan fingerprint density at radius 3 is 2.72 bits per heavy atom. The van der Waals surface area contributed by atoms with E-state index in [2.05, 4.69) is 11.9 Å². The fourth-order valence-electron chi connectivity index (χ4n) is 2.18. The van der Waals surface area contributed by atoms with E-state index in [1.54, 1.807) is 13.1 Å². The number of aliphatic hydroxyl groups is 1. The Bertz CT molecular complexity index is 325. The highest BCUT2D eigenvalue weighted by Crippen LogP contribution is 2.26. The normalized spacial score (nSPS) is 28.3. The van der Waals surface area contributed by atoms with Crippen LogP contribution < -0.4 is 5.32 Å². The molecule has 0 aromatic carbocycles. The first-order chi connectivity index (χ1) is 8.22. The summed E-state index contributed by atoms with van der Waals surface area (Å²) < 4.78 is 5.31. The highest BCUT2D eigenvalue weighted by atomic mass is 16.6. The second-order valence-electron chi connectivity index (χ2n) is 5.80. The molecule has 0 saturated carbocycles. The lowest BCUT2D eigenvalue weighted by Gasteiger charge is -2.27. The fourth-order valence-corrected chi connectivity index (χ4v) is 2.18. The first-order valence-electron chi connectivity index (χ1n) is 6.20. The van der Waals surface area contributed by atoms with E-state index in [1.807, 2.05) is 20.8 Å². The standard InChI is InChI=1S/C13H24N2O3/c1-6-7-13(17)9-15(8-10(13)14-5)11(16)18-12(2,3)4/h6,10,14,17H,1,7-9H2,2-5H3/t10-,13?/m0/s1. The van der Waals surface area contributed by atoms with Crippen LogP contribution in [0.3, 0.4) is 0 Å². The Kier molecular flexibility index (Phi) is 4.40. The van der Waals surface area contributed by atoms with Crippen molar-refractivity contribution in [3.8, 4) is 0 Å². The Balaban J connectivity index is 2.72. The zero-order valence-electron chi connectivity index (χ0n) is 11.7. The van der Waals surface area contributed by atoms with E-state index in [4.69, 9.17) is 4.74 Å². The lowest BCUT2D eigenvalue weighted by atomic mass is 9.94. The number of rotatable bonds is 3. The molecule has 1 aliphatic heterocycles. The van der Waals surface area contributed by atoms with Gasteiger partial charge in [0.2, 0.25) is 0 Å². The van der Waals surface area contributed by atoms with Crippen LogP contribution in [0.25, 0.3) is 0 Å². The quantitative estimate of drug-likeness (QED) is 0.743. The van der Waals surface area contributed by atoms with Gasteiger partial charge in [0.05, 0.1) is 12.6 Å². The second kappa shape index (κ2) is 5.28. The molecule has 1 saturated heterocycles. The number of amides is 1. The number of carbonyl (C=O) groups is 1. The summed E-state index contributed by atoms with van der Waals surface area (Å²) in [5, 5.41) is 13.5. The molecule has 5 heteroatoms. The van der Waals surface area contributed by atoms with E-state index in [0.717, 1.165) is 0 Å². The lowest BCUT2D eigenvalue weighted by molar-refractivity contribution is 0.0119. The number of hydrogen-bond acceptors (Lipinski definition) is 4. The van der Waals surface area contributed by atoms with Gasteiger partial charge in [-0.3, -0.25) is 0 Å². The predicted molar refractivity (Wildman–Crippen MR) is 70.4 cm³/mol. The van der Waals surface area contributed by atoms with Crippen molar-refractivity contribution in [3.05, 3.63) is 12.7 Å². The number of likely N-dealkylation sites (N-methyl/N-ethyl adjacent to an activating group) is 1. The molecule has 0 spiro atoms. The van der Waals surface area contributed by atoms with E-state index >= 15 is 0 Å². The smallest absolute Gasteiger partial charge is 0.410 e. The average Bonchev–Trinajstić information content (AvgIpc) is 2.53. The molecule has 0 aliphatic carbocycles. The van der Waals surface area contributed by atoms with Crippen molar-refractivity contribution in [1.29, 1.82) is 0 Å². The predicted octanol–water partition coefficient (Wildman–Crippen LogP) is 1.13. The summed E-state index contributed by atoms with van der Waals surface area (Å²) in [4.78, 5) is 13.5. The van der Waals surface area contributed by atoms with Crippen LogP contribution >= 0.6 is 0 Å². The molecular formula is C13H24N2O3. The van der Waals surface area contributed by atoms with E-state index < -0.39 is 11.2 Å². The first-order valence-corrected chi connectivity index (χ1v) is 6.20. The van der Waals surface area contributed by atoms with Gasteiger partial charge in [0, 0.05) is 6.54 Å². The molecule has 104 valence electrons. The third-order valence-electron chi connectivity index (χ3n) is 3.01. The van der Waals surface area contributed by atoms with Gasteiger partial charge in [0.15, 0.2) is 0 Å². The summed E-state index contributed by atoms with van der Waals surface area (Å²) in [5.74, 6) is 0. The number of hydrogen-bond donors (Lipinski definition) is 2. The zero-order valence-corrected chi connectivity index (χ0v) is 11.7. The number of β-amino-alcohol motifs (C(OH)–C–C–N with tert-alkyl or cyclic N) is 1. The van der Waals surface area contributed by atoms with Gasteiger partial charge in [-0.05, 0) is 34.2 Å². The van der Waals surface area contributed by atoms with Gasteiger partial charge >= 0.3 is 6.09 Å². The van der Waals surface area contributed by atoms with E-state index in [1.165, 1.54) is 4.90 Å². The monoisotopic (exact) mass is 256 g/mol. The lowest BCUT2D eigenvalue weighted by Crippen LogP contribution is -2.48. The summed E-state index contributed by atoms with van der Waals surface area (Å²) in [6.45, 7) is 9.83. The molecule has 1 heterocycles. The van der Waals surface area contributed by atoms with Crippen molar-refractivity contribution >= 4 is 6.09 Å². The topological polar surface area (TPSA) is 61.8 Å². The molecule has 0 bridgehead atoms. The maximum atomic E-state index is 12.0. The summed E-state index contributed by atoms with van der Waals surface area (Å²) in [6, 6.07) is -0.164.